The zero-order valence-corrected chi connectivity index (χ0v) is 9.56. The van der Waals surface area contributed by atoms with Gasteiger partial charge >= 0.3 is 0 Å². The lowest BCUT2D eigenvalue weighted by molar-refractivity contribution is -0.116. The van der Waals surface area contributed by atoms with E-state index in [1.54, 1.807) is 24.4 Å². The van der Waals surface area contributed by atoms with Crippen LogP contribution in [0.1, 0.15) is 28.0 Å². The first-order chi connectivity index (χ1) is 8.74. The van der Waals surface area contributed by atoms with E-state index < -0.39 is 0 Å². The van der Waals surface area contributed by atoms with Crippen LogP contribution in [0, 0.1) is 0 Å². The number of amides is 1. The van der Waals surface area contributed by atoms with E-state index in [4.69, 9.17) is 0 Å². The monoisotopic (exact) mass is 241 g/mol. The average Bonchev–Trinajstić information content (AvgIpc) is 2.91. The number of carbonyl (C=O) groups excluding carboxylic acids is 2. The van der Waals surface area contributed by atoms with Crippen LogP contribution in [0.15, 0.2) is 30.5 Å². The number of ketones is 1. The molecule has 0 spiro atoms. The molecule has 5 heteroatoms. The van der Waals surface area contributed by atoms with Crippen LogP contribution in [0.3, 0.4) is 0 Å². The summed E-state index contributed by atoms with van der Waals surface area (Å²) in [5, 5.41) is 9.21. The molecule has 0 bridgehead atoms. The third-order valence-corrected chi connectivity index (χ3v) is 3.01. The molecular weight excluding hydrogens is 230 g/mol. The predicted molar refractivity (Wildman–Crippen MR) is 65.4 cm³/mol. The van der Waals surface area contributed by atoms with Crippen LogP contribution in [-0.4, -0.2) is 21.9 Å². The Balaban J connectivity index is 1.95. The number of anilines is 1. The van der Waals surface area contributed by atoms with Crippen molar-refractivity contribution in [2.45, 2.75) is 12.8 Å². The number of nitrogens with zero attached hydrogens (tertiary/aromatic N) is 1. The van der Waals surface area contributed by atoms with Crippen molar-refractivity contribution in [3.63, 3.8) is 0 Å². The minimum atomic E-state index is -0.0906. The summed E-state index contributed by atoms with van der Waals surface area (Å²) < 4.78 is 0. The van der Waals surface area contributed by atoms with Gasteiger partial charge in [0, 0.05) is 23.9 Å². The Hall–Kier alpha value is -2.43. The van der Waals surface area contributed by atoms with Crippen molar-refractivity contribution in [1.29, 1.82) is 0 Å². The second-order valence-corrected chi connectivity index (χ2v) is 4.22. The van der Waals surface area contributed by atoms with Gasteiger partial charge in [0.2, 0.25) is 11.7 Å². The molecule has 0 aliphatic carbocycles. The molecule has 5 nitrogen and oxygen atoms in total. The predicted octanol–water partition coefficient (Wildman–Crippen LogP) is 1.53. The summed E-state index contributed by atoms with van der Waals surface area (Å²) in [6.45, 7) is 0. The molecule has 0 unspecified atom stereocenters. The third-order valence-electron chi connectivity index (χ3n) is 3.01. The van der Waals surface area contributed by atoms with Crippen molar-refractivity contribution in [3.8, 4) is 0 Å². The highest BCUT2D eigenvalue weighted by Gasteiger charge is 2.17. The van der Waals surface area contributed by atoms with Crippen LogP contribution < -0.4 is 5.32 Å². The molecule has 0 saturated carbocycles. The average molecular weight is 241 g/mol. The Bertz CT molecular complexity index is 617. The molecule has 0 saturated heterocycles. The van der Waals surface area contributed by atoms with Crippen LogP contribution in [0.2, 0.25) is 0 Å². The standard InChI is InChI=1S/C13H11N3O2/c17-12-4-2-8-7-9(1-3-10(8)15-12)13(18)11-5-6-14-16-11/h1,3,5-7H,2,4H2,(H,14,16)(H,15,17). The van der Waals surface area contributed by atoms with E-state index >= 15 is 0 Å². The van der Waals surface area contributed by atoms with E-state index in [0.29, 0.717) is 24.1 Å². The molecule has 3 rings (SSSR count). The molecule has 1 aromatic carbocycles. The largest absolute Gasteiger partial charge is 0.326 e. The summed E-state index contributed by atoms with van der Waals surface area (Å²) in [5.74, 6) is -0.0673. The number of rotatable bonds is 2. The molecule has 0 fully saturated rings. The van der Waals surface area contributed by atoms with E-state index in [-0.39, 0.29) is 11.7 Å². The van der Waals surface area contributed by atoms with Crippen LogP contribution in [0.4, 0.5) is 5.69 Å². The second-order valence-electron chi connectivity index (χ2n) is 4.22. The van der Waals surface area contributed by atoms with Gasteiger partial charge in [-0.1, -0.05) is 0 Å². The molecule has 1 aliphatic rings. The maximum Gasteiger partial charge on any atom is 0.224 e. The van der Waals surface area contributed by atoms with Crippen LogP contribution in [0.25, 0.3) is 0 Å². The molecule has 2 N–H and O–H groups in total. The van der Waals surface area contributed by atoms with Crippen molar-refractivity contribution in [3.05, 3.63) is 47.3 Å². The van der Waals surface area contributed by atoms with Crippen molar-refractivity contribution in [2.75, 3.05) is 5.32 Å². The molecule has 1 aromatic heterocycles. The highest BCUT2D eigenvalue weighted by atomic mass is 16.1. The summed E-state index contributed by atoms with van der Waals surface area (Å²) in [5.41, 5.74) is 2.87. The number of carbonyl (C=O) groups is 2. The van der Waals surface area contributed by atoms with E-state index in [1.807, 2.05) is 6.07 Å². The number of aromatic nitrogens is 2. The number of H-pyrrole nitrogens is 1. The number of hydrogen-bond donors (Lipinski definition) is 2. The maximum atomic E-state index is 12.1. The molecule has 0 atom stereocenters. The summed E-state index contributed by atoms with van der Waals surface area (Å²) in [6.07, 6.45) is 2.69. The van der Waals surface area contributed by atoms with Crippen molar-refractivity contribution in [1.82, 2.24) is 10.2 Å². The van der Waals surface area contributed by atoms with Gasteiger partial charge in [0.15, 0.2) is 0 Å². The van der Waals surface area contributed by atoms with E-state index in [9.17, 15) is 9.59 Å². The van der Waals surface area contributed by atoms with E-state index in [2.05, 4.69) is 15.5 Å². The number of aromatic amines is 1. The first-order valence-electron chi connectivity index (χ1n) is 5.71. The first-order valence-corrected chi connectivity index (χ1v) is 5.71. The second kappa shape index (κ2) is 4.10. The highest BCUT2D eigenvalue weighted by Crippen LogP contribution is 2.24. The quantitative estimate of drug-likeness (QED) is 0.783. The van der Waals surface area contributed by atoms with Crippen LogP contribution in [-0.2, 0) is 11.2 Å². The SMILES string of the molecule is O=C1CCc2cc(C(=O)c3ccn[nH]3)ccc2N1. The number of nitrogens with one attached hydrogen (secondary N) is 2. The van der Waals surface area contributed by atoms with Gasteiger partial charge in [0.25, 0.3) is 0 Å². The van der Waals surface area contributed by atoms with Crippen molar-refractivity contribution in [2.24, 2.45) is 0 Å². The fraction of sp³-hybridized carbons (Fsp3) is 0.154. The van der Waals surface area contributed by atoms with Crippen molar-refractivity contribution >= 4 is 17.4 Å². The molecule has 90 valence electrons. The minimum absolute atomic E-state index is 0.0233. The van der Waals surface area contributed by atoms with E-state index in [1.165, 1.54) is 0 Å². The lowest BCUT2D eigenvalue weighted by Gasteiger charge is -2.17. The topological polar surface area (TPSA) is 74.8 Å². The van der Waals surface area contributed by atoms with Gasteiger partial charge in [-0.2, -0.15) is 5.10 Å². The van der Waals surface area contributed by atoms with Gasteiger partial charge in [-0.25, -0.2) is 0 Å². The number of hydrogen-bond acceptors (Lipinski definition) is 3. The summed E-state index contributed by atoms with van der Waals surface area (Å²) in [4.78, 5) is 23.3. The summed E-state index contributed by atoms with van der Waals surface area (Å²) in [6, 6.07) is 6.96. The van der Waals surface area contributed by atoms with Crippen LogP contribution in [0.5, 0.6) is 0 Å². The fourth-order valence-electron chi connectivity index (χ4n) is 2.06. The fourth-order valence-corrected chi connectivity index (χ4v) is 2.06. The lowest BCUT2D eigenvalue weighted by atomic mass is 9.98. The first kappa shape index (κ1) is 10.7. The zero-order valence-electron chi connectivity index (χ0n) is 9.56. The normalized spacial score (nSPS) is 13.9. The van der Waals surface area contributed by atoms with E-state index in [0.717, 1.165) is 11.3 Å². The minimum Gasteiger partial charge on any atom is -0.326 e. The Morgan fingerprint density at radius 2 is 2.11 bits per heavy atom. The molecule has 0 radical (unpaired) electrons. The van der Waals surface area contributed by atoms with Gasteiger partial charge in [0.1, 0.15) is 5.69 Å². The number of fused-ring (bicyclic) bond motifs is 1. The Labute approximate surface area is 103 Å². The third kappa shape index (κ3) is 1.79. The van der Waals surface area contributed by atoms with Gasteiger partial charge < -0.3 is 5.32 Å². The smallest absolute Gasteiger partial charge is 0.224 e. The maximum absolute atomic E-state index is 12.1. The van der Waals surface area contributed by atoms with Crippen molar-refractivity contribution < 1.29 is 9.59 Å². The molecule has 1 amide bonds. The zero-order chi connectivity index (χ0) is 12.5. The Kier molecular flexibility index (Phi) is 2.44. The van der Waals surface area contributed by atoms with Gasteiger partial charge in [0.05, 0.1) is 0 Å². The Morgan fingerprint density at radius 1 is 1.22 bits per heavy atom. The van der Waals surface area contributed by atoms with Crippen LogP contribution >= 0.6 is 0 Å². The lowest BCUT2D eigenvalue weighted by Crippen LogP contribution is -2.19. The van der Waals surface area contributed by atoms with Gasteiger partial charge in [-0.15, -0.1) is 0 Å². The van der Waals surface area contributed by atoms with Gasteiger partial charge in [-0.05, 0) is 36.2 Å². The molecule has 2 heterocycles. The van der Waals surface area contributed by atoms with Gasteiger partial charge in [-0.3, -0.25) is 14.7 Å². The molecule has 2 aromatic rings. The Morgan fingerprint density at radius 3 is 2.89 bits per heavy atom. The molecule has 1 aliphatic heterocycles. The number of aryl methyl sites for hydroxylation is 1. The molecular formula is C13H11N3O2. The highest BCUT2D eigenvalue weighted by molar-refractivity contribution is 6.08. The number of benzene rings is 1. The summed E-state index contributed by atoms with van der Waals surface area (Å²) >= 11 is 0. The molecule has 18 heavy (non-hydrogen) atoms. The summed E-state index contributed by atoms with van der Waals surface area (Å²) in [7, 11) is 0.